The first kappa shape index (κ1) is 44.0. The summed E-state index contributed by atoms with van der Waals surface area (Å²) in [7, 11) is -0.538. The van der Waals surface area contributed by atoms with Gasteiger partial charge in [-0.1, -0.05) is 194 Å². The molecule has 4 aliphatic heterocycles. The summed E-state index contributed by atoms with van der Waals surface area (Å²) in [5, 5.41) is 0. The van der Waals surface area contributed by atoms with Crippen LogP contribution in [0.4, 0.5) is 22.7 Å². The molecular formula is C68H42B2N6O2. The Morgan fingerprint density at radius 2 is 0.628 bits per heavy atom. The third kappa shape index (κ3) is 7.18. The van der Waals surface area contributed by atoms with Gasteiger partial charge < -0.3 is 18.9 Å². The van der Waals surface area contributed by atoms with Gasteiger partial charge in [0.2, 0.25) is 0 Å². The van der Waals surface area contributed by atoms with Gasteiger partial charge >= 0.3 is 14.1 Å². The maximum atomic E-state index is 6.86. The molecule has 12 aromatic rings. The van der Waals surface area contributed by atoms with Crippen LogP contribution in [0.15, 0.2) is 255 Å². The number of anilines is 4. The van der Waals surface area contributed by atoms with Gasteiger partial charge in [0.05, 0.1) is 34.2 Å². The van der Waals surface area contributed by atoms with Crippen LogP contribution in [0, 0.1) is 0 Å². The monoisotopic (exact) mass is 996 g/mol. The van der Waals surface area contributed by atoms with Gasteiger partial charge in [-0.2, -0.15) is 0 Å². The van der Waals surface area contributed by atoms with Crippen molar-refractivity contribution in [1.82, 2.24) is 19.9 Å². The van der Waals surface area contributed by atoms with Crippen LogP contribution in [0.5, 0.6) is 11.5 Å². The van der Waals surface area contributed by atoms with E-state index in [2.05, 4.69) is 228 Å². The lowest BCUT2D eigenvalue weighted by Crippen LogP contribution is -2.50. The highest BCUT2D eigenvalue weighted by Crippen LogP contribution is 2.50. The van der Waals surface area contributed by atoms with Crippen LogP contribution in [0.2, 0.25) is 0 Å². The molecule has 10 heteroatoms. The smallest absolute Gasteiger partial charge is 0.524 e. The molecule has 0 atom stereocenters. The van der Waals surface area contributed by atoms with E-state index >= 15 is 0 Å². The highest BCUT2D eigenvalue weighted by atomic mass is 16.5. The fourth-order valence-electron chi connectivity index (χ4n) is 11.8. The molecule has 0 bridgehead atoms. The highest BCUT2D eigenvalue weighted by Gasteiger charge is 2.46. The normalized spacial score (nSPS) is 13.0. The zero-order valence-corrected chi connectivity index (χ0v) is 41.9. The molecule has 4 aliphatic rings. The molecule has 78 heavy (non-hydrogen) atoms. The summed E-state index contributed by atoms with van der Waals surface area (Å²) in [5.74, 6) is 2.87. The second kappa shape index (κ2) is 17.6. The molecular weight excluding hydrogens is 954 g/mol. The first-order valence-electron chi connectivity index (χ1n) is 26.3. The second-order valence-electron chi connectivity index (χ2n) is 20.1. The predicted octanol–water partition coefficient (Wildman–Crippen LogP) is 14.7. The van der Waals surface area contributed by atoms with Crippen molar-refractivity contribution in [2.45, 2.75) is 0 Å². The number of rotatable bonds is 7. The fourth-order valence-corrected chi connectivity index (χ4v) is 11.8. The van der Waals surface area contributed by atoms with E-state index in [4.69, 9.17) is 29.2 Å². The molecule has 2 aromatic heterocycles. The third-order valence-electron chi connectivity index (χ3n) is 15.5. The van der Waals surface area contributed by atoms with Crippen molar-refractivity contribution in [2.24, 2.45) is 0 Å². The molecule has 6 heterocycles. The Labute approximate surface area is 451 Å². The fraction of sp³-hybridized carbons (Fsp3) is 0. The molecule has 10 aromatic carbocycles. The van der Waals surface area contributed by atoms with Crippen LogP contribution in [-0.4, -0.2) is 34.0 Å². The van der Waals surface area contributed by atoms with Crippen molar-refractivity contribution in [3.63, 3.8) is 0 Å². The number of para-hydroxylation sites is 2. The standard InChI is InChI=1S/C68H42B2N6O2/c1-3-16-44(17-4-1)57-41-59(73-68(72-57)50-35-37-64-66(40-50)78-70-56-27-12-8-23-52(56)54-25-10-14-29-62(54)76(64)70)46-32-30-43(31-33-46)47-20-15-21-49(38-47)67-71-58(45-18-5-2-6-19-45)42-60(74-67)48-34-36-63-65(39-48)77-69-55-26-11-7-22-51(55)53-24-9-13-28-61(53)75(63)69/h1-42H. The Morgan fingerprint density at radius 1 is 0.256 bits per heavy atom. The van der Waals surface area contributed by atoms with Gasteiger partial charge in [-0.05, 0) is 93.8 Å². The van der Waals surface area contributed by atoms with E-state index < -0.39 is 0 Å². The van der Waals surface area contributed by atoms with Gasteiger partial charge in [-0.15, -0.1) is 0 Å². The average molecular weight is 997 g/mol. The van der Waals surface area contributed by atoms with Crippen molar-refractivity contribution in [3.05, 3.63) is 255 Å². The number of benzene rings is 10. The summed E-state index contributed by atoms with van der Waals surface area (Å²) in [5.41, 5.74) is 22.5. The molecule has 0 saturated carbocycles. The van der Waals surface area contributed by atoms with E-state index in [-0.39, 0.29) is 14.1 Å². The van der Waals surface area contributed by atoms with Gasteiger partial charge in [-0.3, -0.25) is 0 Å². The minimum absolute atomic E-state index is 0.266. The second-order valence-corrected chi connectivity index (χ2v) is 20.1. The van der Waals surface area contributed by atoms with Crippen molar-refractivity contribution in [1.29, 1.82) is 0 Å². The van der Waals surface area contributed by atoms with Crippen LogP contribution >= 0.6 is 0 Å². The zero-order chi connectivity index (χ0) is 51.3. The molecule has 8 nitrogen and oxygen atoms in total. The van der Waals surface area contributed by atoms with Crippen LogP contribution < -0.4 is 29.9 Å². The minimum Gasteiger partial charge on any atom is -0.536 e. The molecule has 16 rings (SSSR count). The van der Waals surface area contributed by atoms with Crippen LogP contribution in [0.25, 0.3) is 101 Å². The molecule has 0 radical (unpaired) electrons. The van der Waals surface area contributed by atoms with Crippen LogP contribution in [0.3, 0.4) is 0 Å². The number of hydrogen-bond donors (Lipinski definition) is 0. The lowest BCUT2D eigenvalue weighted by atomic mass is 9.65. The molecule has 0 aliphatic carbocycles. The van der Waals surface area contributed by atoms with E-state index in [1.165, 1.54) is 22.3 Å². The maximum absolute atomic E-state index is 6.86. The predicted molar refractivity (Wildman–Crippen MR) is 316 cm³/mol. The van der Waals surface area contributed by atoms with Crippen molar-refractivity contribution in [3.8, 4) is 113 Å². The lowest BCUT2D eigenvalue weighted by molar-refractivity contribution is 0.603. The number of hydrogen-bond acceptors (Lipinski definition) is 8. The largest absolute Gasteiger partial charge is 0.536 e. The van der Waals surface area contributed by atoms with E-state index in [1.54, 1.807) is 0 Å². The Hall–Kier alpha value is -10.3. The Morgan fingerprint density at radius 3 is 1.17 bits per heavy atom. The molecule has 362 valence electrons. The Kier molecular flexibility index (Phi) is 9.96. The summed E-state index contributed by atoms with van der Waals surface area (Å²) in [6.07, 6.45) is 0. The summed E-state index contributed by atoms with van der Waals surface area (Å²) in [6.45, 7) is 0. The molecule has 0 fully saturated rings. The van der Waals surface area contributed by atoms with E-state index in [0.29, 0.717) is 11.6 Å². The average Bonchev–Trinajstić information content (AvgIpc) is 4.28. The topological polar surface area (TPSA) is 76.5 Å². The summed E-state index contributed by atoms with van der Waals surface area (Å²) < 4.78 is 13.7. The van der Waals surface area contributed by atoms with E-state index in [1.807, 2.05) is 36.4 Å². The van der Waals surface area contributed by atoms with Crippen molar-refractivity contribution >= 4 is 47.8 Å². The van der Waals surface area contributed by atoms with Gasteiger partial charge in [-0.25, -0.2) is 19.9 Å². The molecule has 0 spiro atoms. The van der Waals surface area contributed by atoms with E-state index in [9.17, 15) is 0 Å². The maximum Gasteiger partial charge on any atom is 0.524 e. The first-order valence-corrected chi connectivity index (χ1v) is 26.3. The summed E-state index contributed by atoms with van der Waals surface area (Å²) in [4.78, 5) is 25.6. The minimum atomic E-state index is -0.272. The van der Waals surface area contributed by atoms with Gasteiger partial charge in [0.1, 0.15) is 11.5 Å². The van der Waals surface area contributed by atoms with Crippen molar-refractivity contribution < 1.29 is 9.31 Å². The third-order valence-corrected chi connectivity index (χ3v) is 15.5. The Bertz CT molecular complexity index is 4390. The number of aromatic nitrogens is 4. The van der Waals surface area contributed by atoms with Crippen molar-refractivity contribution in [2.75, 3.05) is 9.62 Å². The molecule has 0 unspecified atom stereocenters. The summed E-state index contributed by atoms with van der Waals surface area (Å²) in [6, 6.07) is 88.9. The highest BCUT2D eigenvalue weighted by molar-refractivity contribution is 6.77. The van der Waals surface area contributed by atoms with Crippen LogP contribution in [0.1, 0.15) is 0 Å². The van der Waals surface area contributed by atoms with Gasteiger partial charge in [0, 0.05) is 55.9 Å². The zero-order valence-electron chi connectivity index (χ0n) is 41.9. The first-order chi connectivity index (χ1) is 38.6. The summed E-state index contributed by atoms with van der Waals surface area (Å²) >= 11 is 0. The lowest BCUT2D eigenvalue weighted by Gasteiger charge is -2.31. The molecule has 0 saturated heterocycles. The van der Waals surface area contributed by atoms with Crippen LogP contribution in [-0.2, 0) is 0 Å². The number of fused-ring (bicyclic) bond motifs is 16. The van der Waals surface area contributed by atoms with Gasteiger partial charge in [0.25, 0.3) is 0 Å². The Balaban J connectivity index is 0.731. The quantitative estimate of drug-likeness (QED) is 0.146. The van der Waals surface area contributed by atoms with Gasteiger partial charge in [0.15, 0.2) is 11.6 Å². The SMILES string of the molecule is c1ccc(-c2cc(-c3ccc4c(c3)OB3c5ccccc5-c5ccccc5N34)nc(-c3cccc(-c4ccc(-c5cc(-c6ccccc6)nc(-c6ccc7c(c6)OB6c8ccccc8-c8ccccc8N67)n5)cc4)c3)n2)cc1. The number of nitrogens with zero attached hydrogens (tertiary/aromatic N) is 6. The molecule has 0 N–H and O–H groups in total. The molecule has 0 amide bonds. The van der Waals surface area contributed by atoms with E-state index in [0.717, 1.165) is 112 Å².